The van der Waals surface area contributed by atoms with Gasteiger partial charge in [0.15, 0.2) is 0 Å². The zero-order valence-electron chi connectivity index (χ0n) is 3.14. The molecular weight excluding hydrogens is 100 g/mol. The molecule has 1 saturated heterocycles. The first-order chi connectivity index (χ1) is 2.89. The molecule has 0 aromatic heterocycles. The van der Waals surface area contributed by atoms with Gasteiger partial charge in [-0.2, -0.15) is 0 Å². The number of hydrogen-bond acceptors (Lipinski definition) is 3. The largest absolute Gasteiger partial charge is 0.391 e. The van der Waals surface area contributed by atoms with Crippen LogP contribution in [0.2, 0.25) is 0 Å². The van der Waals surface area contributed by atoms with Crippen LogP contribution in [0.4, 0.5) is 0 Å². The molecule has 1 aliphatic rings. The zero-order valence-corrected chi connectivity index (χ0v) is 3.96. The molecule has 0 saturated carbocycles. The zero-order chi connectivity index (χ0) is 4.41. The minimum atomic E-state index is -0.0833. The third-order valence-corrected chi connectivity index (χ3v) is 1.22. The van der Waals surface area contributed by atoms with Crippen LogP contribution in [-0.2, 0) is 8.98 Å². The molecule has 0 unspecified atom stereocenters. The predicted molar refractivity (Wildman–Crippen MR) is 23.2 cm³/mol. The minimum absolute atomic E-state index is 0.0833. The number of hydrogen-bond donors (Lipinski definition) is 0. The van der Waals surface area contributed by atoms with E-state index in [0.29, 0.717) is 6.42 Å². The Bertz CT molecular complexity index is 63.2. The van der Waals surface area contributed by atoms with Gasteiger partial charge < -0.3 is 4.18 Å². The summed E-state index contributed by atoms with van der Waals surface area (Å²) < 4.78 is 4.43. The standard InChI is InChI=1S/C3H4O2S/c4-3-1-2-6-5-3/h1-2H2. The van der Waals surface area contributed by atoms with Crippen molar-refractivity contribution >= 4 is 18.0 Å². The molecule has 1 fully saturated rings. The first-order valence-corrected chi connectivity index (χ1v) is 2.63. The van der Waals surface area contributed by atoms with Gasteiger partial charge in [0.2, 0.25) is 0 Å². The number of carbonyl (C=O) groups is 1. The van der Waals surface area contributed by atoms with Crippen LogP contribution in [0.3, 0.4) is 0 Å². The lowest BCUT2D eigenvalue weighted by Gasteiger charge is -1.77. The minimum Gasteiger partial charge on any atom is -0.391 e. The fraction of sp³-hybridized carbons (Fsp3) is 0.667. The lowest BCUT2D eigenvalue weighted by atomic mass is 10.5. The van der Waals surface area contributed by atoms with E-state index < -0.39 is 0 Å². The molecule has 0 aromatic rings. The molecule has 0 N–H and O–H groups in total. The van der Waals surface area contributed by atoms with E-state index in [0.717, 1.165) is 5.75 Å². The van der Waals surface area contributed by atoms with Gasteiger partial charge in [-0.3, -0.25) is 4.79 Å². The maximum atomic E-state index is 10.0. The highest BCUT2D eigenvalue weighted by atomic mass is 32.2. The van der Waals surface area contributed by atoms with E-state index in [1.807, 2.05) is 0 Å². The maximum Gasteiger partial charge on any atom is 0.318 e. The van der Waals surface area contributed by atoms with Gasteiger partial charge in [-0.05, 0) is 0 Å². The summed E-state index contributed by atoms with van der Waals surface area (Å²) in [6.45, 7) is 0. The fourth-order valence-corrected chi connectivity index (χ4v) is 0.822. The molecule has 2 nitrogen and oxygen atoms in total. The van der Waals surface area contributed by atoms with Crippen LogP contribution in [0.5, 0.6) is 0 Å². The first kappa shape index (κ1) is 3.99. The Hall–Kier alpha value is -0.180. The second kappa shape index (κ2) is 1.51. The third-order valence-electron chi connectivity index (χ3n) is 0.541. The van der Waals surface area contributed by atoms with Crippen molar-refractivity contribution in [1.82, 2.24) is 0 Å². The van der Waals surface area contributed by atoms with Crippen molar-refractivity contribution in [3.05, 3.63) is 0 Å². The SMILES string of the molecule is O=C1CCSO1. The van der Waals surface area contributed by atoms with Crippen LogP contribution >= 0.6 is 12.0 Å². The van der Waals surface area contributed by atoms with Crippen LogP contribution in [0, 0.1) is 0 Å². The third kappa shape index (κ3) is 0.653. The second-order valence-electron chi connectivity index (χ2n) is 1.03. The van der Waals surface area contributed by atoms with E-state index in [2.05, 4.69) is 4.18 Å². The van der Waals surface area contributed by atoms with E-state index >= 15 is 0 Å². The van der Waals surface area contributed by atoms with Gasteiger partial charge >= 0.3 is 5.97 Å². The summed E-state index contributed by atoms with van der Waals surface area (Å²) in [4.78, 5) is 10.0. The number of rotatable bonds is 0. The Balaban J connectivity index is 2.37. The molecule has 0 aromatic carbocycles. The van der Waals surface area contributed by atoms with Crippen LogP contribution in [0.15, 0.2) is 0 Å². The van der Waals surface area contributed by atoms with Gasteiger partial charge in [0.25, 0.3) is 0 Å². The lowest BCUT2D eigenvalue weighted by Crippen LogP contribution is -1.86. The average molecular weight is 104 g/mol. The molecule has 0 amide bonds. The quantitative estimate of drug-likeness (QED) is 0.420. The van der Waals surface area contributed by atoms with E-state index in [-0.39, 0.29) is 5.97 Å². The molecule has 1 heterocycles. The lowest BCUT2D eigenvalue weighted by molar-refractivity contribution is -0.131. The molecule has 3 heteroatoms. The average Bonchev–Trinajstić information content (AvgIpc) is 1.86. The van der Waals surface area contributed by atoms with Crippen molar-refractivity contribution in [3.8, 4) is 0 Å². The summed E-state index contributed by atoms with van der Waals surface area (Å²) in [6, 6.07) is 0. The number of carbonyl (C=O) groups excluding carboxylic acids is 1. The van der Waals surface area contributed by atoms with Crippen LogP contribution in [0.25, 0.3) is 0 Å². The van der Waals surface area contributed by atoms with Gasteiger partial charge in [-0.1, -0.05) is 0 Å². The van der Waals surface area contributed by atoms with Crippen LogP contribution in [-0.4, -0.2) is 11.7 Å². The Kier molecular flexibility index (Phi) is 1.01. The summed E-state index contributed by atoms with van der Waals surface area (Å²) >= 11 is 1.23. The van der Waals surface area contributed by atoms with E-state index in [1.165, 1.54) is 12.0 Å². The molecule has 0 aliphatic carbocycles. The van der Waals surface area contributed by atoms with Gasteiger partial charge in [0.05, 0.1) is 18.5 Å². The summed E-state index contributed by atoms with van der Waals surface area (Å²) in [5.41, 5.74) is 0. The Morgan fingerprint density at radius 1 is 1.83 bits per heavy atom. The van der Waals surface area contributed by atoms with Crippen molar-refractivity contribution in [2.24, 2.45) is 0 Å². The molecule has 34 valence electrons. The normalized spacial score (nSPS) is 21.0. The first-order valence-electron chi connectivity index (χ1n) is 1.72. The molecule has 0 radical (unpaired) electrons. The van der Waals surface area contributed by atoms with Crippen LogP contribution in [0.1, 0.15) is 6.42 Å². The van der Waals surface area contributed by atoms with Crippen molar-refractivity contribution < 1.29 is 8.98 Å². The molecule has 1 aliphatic heterocycles. The van der Waals surface area contributed by atoms with Gasteiger partial charge in [-0.25, -0.2) is 0 Å². The van der Waals surface area contributed by atoms with E-state index in [9.17, 15) is 4.79 Å². The molecule has 0 bridgehead atoms. The molecule has 6 heavy (non-hydrogen) atoms. The Morgan fingerprint density at radius 2 is 2.67 bits per heavy atom. The van der Waals surface area contributed by atoms with Gasteiger partial charge in [-0.15, -0.1) is 0 Å². The summed E-state index contributed by atoms with van der Waals surface area (Å²) in [5, 5.41) is 0. The highest BCUT2D eigenvalue weighted by Gasteiger charge is 2.10. The molecule has 0 atom stereocenters. The van der Waals surface area contributed by atoms with Crippen molar-refractivity contribution in [3.63, 3.8) is 0 Å². The smallest absolute Gasteiger partial charge is 0.318 e. The molecular formula is C3H4O2S. The molecule has 1 rings (SSSR count). The molecule has 0 spiro atoms. The highest BCUT2D eigenvalue weighted by molar-refractivity contribution is 7.95. The van der Waals surface area contributed by atoms with Gasteiger partial charge in [0.1, 0.15) is 0 Å². The maximum absolute atomic E-state index is 10.0. The predicted octanol–water partition coefficient (Wildman–Crippen LogP) is 0.582. The van der Waals surface area contributed by atoms with Crippen molar-refractivity contribution in [2.75, 3.05) is 5.75 Å². The highest BCUT2D eigenvalue weighted by Crippen LogP contribution is 2.13. The Morgan fingerprint density at radius 3 is 2.83 bits per heavy atom. The van der Waals surface area contributed by atoms with Crippen molar-refractivity contribution in [1.29, 1.82) is 0 Å². The summed E-state index contributed by atoms with van der Waals surface area (Å²) in [5.74, 6) is 0.749. The monoisotopic (exact) mass is 104 g/mol. The van der Waals surface area contributed by atoms with E-state index in [4.69, 9.17) is 0 Å². The van der Waals surface area contributed by atoms with Gasteiger partial charge in [0, 0.05) is 5.75 Å². The summed E-state index contributed by atoms with van der Waals surface area (Å²) in [6.07, 6.45) is 0.588. The topological polar surface area (TPSA) is 26.3 Å². The van der Waals surface area contributed by atoms with Crippen LogP contribution < -0.4 is 0 Å². The summed E-state index contributed by atoms with van der Waals surface area (Å²) in [7, 11) is 0. The second-order valence-corrected chi connectivity index (χ2v) is 1.84. The fourth-order valence-electron chi connectivity index (χ4n) is 0.274. The Labute approximate surface area is 40.1 Å². The van der Waals surface area contributed by atoms with E-state index in [1.54, 1.807) is 0 Å². The van der Waals surface area contributed by atoms with Crippen molar-refractivity contribution in [2.45, 2.75) is 6.42 Å².